The number of benzene rings is 1. The summed E-state index contributed by atoms with van der Waals surface area (Å²) in [6.07, 6.45) is 4.89. The largest absolute Gasteiger partial charge is 0.493 e. The molecule has 0 saturated heterocycles. The number of nitrogens with one attached hydrogen (secondary N) is 1. The minimum Gasteiger partial charge on any atom is -0.493 e. The summed E-state index contributed by atoms with van der Waals surface area (Å²) in [7, 11) is 2.13. The van der Waals surface area contributed by atoms with Gasteiger partial charge in [0.15, 0.2) is 0 Å². The Balaban J connectivity index is 1.41. The highest BCUT2D eigenvalue weighted by atomic mass is 16.5. The van der Waals surface area contributed by atoms with Crippen molar-refractivity contribution < 1.29 is 4.74 Å². The average molecular weight is 308 g/mol. The first-order valence-electron chi connectivity index (χ1n) is 8.05. The van der Waals surface area contributed by atoms with Crippen LogP contribution in [0.1, 0.15) is 17.8 Å². The molecule has 1 N–H and O–H groups in total. The fourth-order valence-corrected chi connectivity index (χ4v) is 3.10. The van der Waals surface area contributed by atoms with Gasteiger partial charge in [-0.25, -0.2) is 0 Å². The summed E-state index contributed by atoms with van der Waals surface area (Å²) < 4.78 is 5.86. The number of rotatable bonds is 4. The minimum atomic E-state index is 0.630. The number of pyridine rings is 1. The monoisotopic (exact) mass is 308 g/mol. The van der Waals surface area contributed by atoms with Crippen molar-refractivity contribution in [1.29, 1.82) is 0 Å². The maximum Gasteiger partial charge on any atom is 0.120 e. The van der Waals surface area contributed by atoms with Crippen molar-refractivity contribution >= 4 is 16.6 Å². The number of hydrogen-bond donors (Lipinski definition) is 1. The van der Waals surface area contributed by atoms with E-state index in [4.69, 9.17) is 9.72 Å². The van der Waals surface area contributed by atoms with E-state index in [1.807, 2.05) is 24.4 Å². The van der Waals surface area contributed by atoms with Crippen LogP contribution in [0.15, 0.2) is 36.5 Å². The maximum atomic E-state index is 5.86. The van der Waals surface area contributed by atoms with Crippen LogP contribution in [-0.4, -0.2) is 35.4 Å². The van der Waals surface area contributed by atoms with Crippen LogP contribution >= 0.6 is 0 Å². The number of aromatic nitrogens is 3. The summed E-state index contributed by atoms with van der Waals surface area (Å²) in [5, 5.41) is 8.03. The van der Waals surface area contributed by atoms with Gasteiger partial charge in [0.25, 0.3) is 0 Å². The Kier molecular flexibility index (Phi) is 3.61. The fraction of sp³-hybridized carbons (Fsp3) is 0.333. The number of nitrogens with zero attached hydrogens (tertiary/aromatic N) is 3. The zero-order chi connectivity index (χ0) is 15.6. The molecule has 5 heteroatoms. The van der Waals surface area contributed by atoms with Crippen molar-refractivity contribution in [1.82, 2.24) is 15.2 Å². The van der Waals surface area contributed by atoms with Gasteiger partial charge < -0.3 is 9.64 Å². The standard InChI is InChI=1S/C18H20N4O/c1-22-9-2-3-17-18(22)7-4-14(20-17)8-10-23-15-5-6-16-13(11-15)12-19-21-16/h4-7,11-12H,2-3,8-10H2,1H3,(H,19,21). The lowest BCUT2D eigenvalue weighted by atomic mass is 10.1. The van der Waals surface area contributed by atoms with Gasteiger partial charge in [0, 0.05) is 31.1 Å². The van der Waals surface area contributed by atoms with E-state index in [-0.39, 0.29) is 0 Å². The third-order valence-electron chi connectivity index (χ3n) is 4.36. The van der Waals surface area contributed by atoms with E-state index >= 15 is 0 Å². The highest BCUT2D eigenvalue weighted by molar-refractivity contribution is 5.79. The van der Waals surface area contributed by atoms with Crippen molar-refractivity contribution in [2.75, 3.05) is 25.1 Å². The van der Waals surface area contributed by atoms with Crippen LogP contribution in [0, 0.1) is 0 Å². The Hall–Kier alpha value is -2.56. The van der Waals surface area contributed by atoms with E-state index in [9.17, 15) is 0 Å². The van der Waals surface area contributed by atoms with Gasteiger partial charge >= 0.3 is 0 Å². The number of H-pyrrole nitrogens is 1. The molecule has 1 aromatic carbocycles. The molecule has 0 saturated carbocycles. The van der Waals surface area contributed by atoms with Gasteiger partial charge in [-0.15, -0.1) is 0 Å². The average Bonchev–Trinajstić information content (AvgIpc) is 3.03. The first kappa shape index (κ1) is 14.1. The first-order valence-corrected chi connectivity index (χ1v) is 8.05. The zero-order valence-corrected chi connectivity index (χ0v) is 13.2. The van der Waals surface area contributed by atoms with Gasteiger partial charge in [-0.05, 0) is 43.2 Å². The van der Waals surface area contributed by atoms with Gasteiger partial charge in [0.2, 0.25) is 0 Å². The molecule has 0 unspecified atom stereocenters. The molecule has 4 rings (SSSR count). The van der Waals surface area contributed by atoms with Crippen molar-refractivity contribution in [3.8, 4) is 5.75 Å². The lowest BCUT2D eigenvalue weighted by molar-refractivity contribution is 0.321. The van der Waals surface area contributed by atoms with Crippen LogP contribution in [0.4, 0.5) is 5.69 Å². The van der Waals surface area contributed by atoms with Crippen molar-refractivity contribution in [2.24, 2.45) is 0 Å². The van der Waals surface area contributed by atoms with E-state index in [0.717, 1.165) is 41.7 Å². The predicted octanol–water partition coefficient (Wildman–Crippen LogP) is 2.96. The summed E-state index contributed by atoms with van der Waals surface area (Å²) >= 11 is 0. The smallest absolute Gasteiger partial charge is 0.120 e. The predicted molar refractivity (Wildman–Crippen MR) is 91.1 cm³/mol. The van der Waals surface area contributed by atoms with Crippen LogP contribution in [0.2, 0.25) is 0 Å². The maximum absolute atomic E-state index is 5.86. The van der Waals surface area contributed by atoms with Crippen LogP contribution in [-0.2, 0) is 12.8 Å². The molecule has 0 bridgehead atoms. The topological polar surface area (TPSA) is 54.0 Å². The molecule has 118 valence electrons. The van der Waals surface area contributed by atoms with Crippen LogP contribution < -0.4 is 9.64 Å². The minimum absolute atomic E-state index is 0.630. The quantitative estimate of drug-likeness (QED) is 0.805. The highest BCUT2D eigenvalue weighted by Gasteiger charge is 2.15. The van der Waals surface area contributed by atoms with Gasteiger partial charge in [-0.1, -0.05) is 0 Å². The Morgan fingerprint density at radius 3 is 3.17 bits per heavy atom. The molecule has 3 aromatic rings. The molecular weight excluding hydrogens is 288 g/mol. The summed E-state index contributed by atoms with van der Waals surface area (Å²) in [5.41, 5.74) is 4.61. The van der Waals surface area contributed by atoms with Gasteiger partial charge in [-0.2, -0.15) is 5.10 Å². The number of hydrogen-bond acceptors (Lipinski definition) is 4. The van der Waals surface area contributed by atoms with Gasteiger partial charge in [0.05, 0.1) is 29.7 Å². The molecule has 2 aromatic heterocycles. The molecule has 0 fully saturated rings. The molecular formula is C18H20N4O. The van der Waals surface area contributed by atoms with E-state index in [2.05, 4.69) is 34.3 Å². The van der Waals surface area contributed by atoms with E-state index in [1.54, 1.807) is 0 Å². The second-order valence-electron chi connectivity index (χ2n) is 6.01. The molecule has 0 spiro atoms. The Morgan fingerprint density at radius 2 is 2.22 bits per heavy atom. The normalized spacial score (nSPS) is 14.0. The third kappa shape index (κ3) is 2.86. The van der Waals surface area contributed by atoms with E-state index < -0.39 is 0 Å². The second-order valence-corrected chi connectivity index (χ2v) is 6.01. The third-order valence-corrected chi connectivity index (χ3v) is 4.36. The molecule has 23 heavy (non-hydrogen) atoms. The second kappa shape index (κ2) is 5.91. The van der Waals surface area contributed by atoms with Crippen molar-refractivity contribution in [3.05, 3.63) is 47.9 Å². The lowest BCUT2D eigenvalue weighted by Gasteiger charge is -2.26. The molecule has 0 atom stereocenters. The van der Waals surface area contributed by atoms with Crippen LogP contribution in [0.5, 0.6) is 5.75 Å². The van der Waals surface area contributed by atoms with Gasteiger partial charge in [-0.3, -0.25) is 10.1 Å². The van der Waals surface area contributed by atoms with Gasteiger partial charge in [0.1, 0.15) is 5.75 Å². The molecule has 1 aliphatic heterocycles. The number of ether oxygens (including phenoxy) is 1. The molecule has 0 radical (unpaired) electrons. The number of aromatic amines is 1. The number of aryl methyl sites for hydroxylation is 1. The Labute approximate surface area is 135 Å². The summed E-state index contributed by atoms with van der Waals surface area (Å²) in [4.78, 5) is 7.08. The lowest BCUT2D eigenvalue weighted by Crippen LogP contribution is -2.25. The highest BCUT2D eigenvalue weighted by Crippen LogP contribution is 2.24. The molecule has 3 heterocycles. The molecule has 0 amide bonds. The Bertz CT molecular complexity index is 827. The Morgan fingerprint density at radius 1 is 1.26 bits per heavy atom. The molecule has 0 aliphatic carbocycles. The van der Waals surface area contributed by atoms with Crippen molar-refractivity contribution in [2.45, 2.75) is 19.3 Å². The van der Waals surface area contributed by atoms with Crippen molar-refractivity contribution in [3.63, 3.8) is 0 Å². The van der Waals surface area contributed by atoms with Crippen LogP contribution in [0.25, 0.3) is 10.9 Å². The molecule has 1 aliphatic rings. The van der Waals surface area contributed by atoms with Crippen LogP contribution in [0.3, 0.4) is 0 Å². The first-order chi connectivity index (χ1) is 11.3. The SMILES string of the molecule is CN1CCCc2nc(CCOc3ccc4[nH]ncc4c3)ccc21. The van der Waals surface area contributed by atoms with E-state index in [1.165, 1.54) is 17.8 Å². The number of fused-ring (bicyclic) bond motifs is 2. The zero-order valence-electron chi connectivity index (χ0n) is 13.2. The number of anilines is 1. The summed E-state index contributed by atoms with van der Waals surface area (Å²) in [6, 6.07) is 10.3. The molecule has 5 nitrogen and oxygen atoms in total. The summed E-state index contributed by atoms with van der Waals surface area (Å²) in [5.74, 6) is 0.872. The fourth-order valence-electron chi connectivity index (χ4n) is 3.10. The van der Waals surface area contributed by atoms with E-state index in [0.29, 0.717) is 6.61 Å². The summed E-state index contributed by atoms with van der Waals surface area (Å²) in [6.45, 7) is 1.75.